The first-order valence-corrected chi connectivity index (χ1v) is 11.6. The molecule has 0 bridgehead atoms. The monoisotopic (exact) mass is 448 g/mol. The second kappa shape index (κ2) is 9.60. The molecule has 0 spiro atoms. The number of ketones is 1. The smallest absolute Gasteiger partial charge is 0.222 e. The Labute approximate surface area is 194 Å². The molecule has 1 saturated heterocycles. The lowest BCUT2D eigenvalue weighted by Gasteiger charge is -2.32. The summed E-state index contributed by atoms with van der Waals surface area (Å²) in [4.78, 5) is 27.9. The predicted molar refractivity (Wildman–Crippen MR) is 127 cm³/mol. The summed E-state index contributed by atoms with van der Waals surface area (Å²) in [5.41, 5.74) is 10.8. The highest BCUT2D eigenvalue weighted by Gasteiger charge is 2.31. The van der Waals surface area contributed by atoms with Gasteiger partial charge < -0.3 is 10.6 Å². The molecule has 174 valence electrons. The number of benzene rings is 1. The third-order valence-electron chi connectivity index (χ3n) is 6.36. The Morgan fingerprint density at radius 1 is 1.15 bits per heavy atom. The molecule has 8 heteroatoms. The fraction of sp³-hybridized carbons (Fsp3) is 0.440. The van der Waals surface area contributed by atoms with Crippen molar-refractivity contribution in [2.24, 2.45) is 5.92 Å². The number of Topliss-reactive ketones (excluding diaryl/α,β-unsaturated/α-hetero) is 1. The highest BCUT2D eigenvalue weighted by atomic mass is 16.2. The molecule has 1 amide bonds. The molecule has 1 atom stereocenters. The summed E-state index contributed by atoms with van der Waals surface area (Å²) in [5, 5.41) is 8.80. The van der Waals surface area contributed by atoms with Crippen molar-refractivity contribution in [1.82, 2.24) is 24.5 Å². The Kier molecular flexibility index (Phi) is 6.62. The number of carbonyl (C=O) groups excluding carboxylic acids is 2. The third-order valence-corrected chi connectivity index (χ3v) is 6.36. The second-order valence-corrected chi connectivity index (χ2v) is 8.99. The summed E-state index contributed by atoms with van der Waals surface area (Å²) < 4.78 is 3.54. The minimum atomic E-state index is -0.253. The van der Waals surface area contributed by atoms with E-state index >= 15 is 0 Å². The van der Waals surface area contributed by atoms with Crippen molar-refractivity contribution in [3.05, 3.63) is 59.0 Å². The molecule has 0 saturated carbocycles. The number of nitrogen functional groups attached to an aromatic ring is 1. The number of likely N-dealkylation sites (tertiary alicyclic amines) is 1. The molecule has 1 aromatic carbocycles. The van der Waals surface area contributed by atoms with Crippen LogP contribution >= 0.6 is 0 Å². The lowest BCUT2D eigenvalue weighted by atomic mass is 9.90. The molecule has 1 aliphatic rings. The van der Waals surface area contributed by atoms with Crippen molar-refractivity contribution < 1.29 is 9.59 Å². The van der Waals surface area contributed by atoms with Crippen LogP contribution in [0.1, 0.15) is 53.0 Å². The zero-order valence-corrected chi connectivity index (χ0v) is 19.6. The zero-order valence-electron chi connectivity index (χ0n) is 19.6. The first kappa shape index (κ1) is 22.8. The molecule has 2 aromatic heterocycles. The Bertz CT molecular complexity index is 1140. The van der Waals surface area contributed by atoms with Crippen molar-refractivity contribution in [2.75, 3.05) is 18.8 Å². The number of carbonyl (C=O) groups is 2. The Balaban J connectivity index is 1.37. The number of anilines is 1. The van der Waals surface area contributed by atoms with E-state index in [0.717, 1.165) is 48.4 Å². The van der Waals surface area contributed by atoms with E-state index in [1.54, 1.807) is 10.9 Å². The summed E-state index contributed by atoms with van der Waals surface area (Å²) in [7, 11) is 0. The molecule has 1 unspecified atom stereocenters. The lowest BCUT2D eigenvalue weighted by Crippen LogP contribution is -2.42. The van der Waals surface area contributed by atoms with Gasteiger partial charge in [-0.1, -0.05) is 17.7 Å². The molecule has 33 heavy (non-hydrogen) atoms. The summed E-state index contributed by atoms with van der Waals surface area (Å²) in [5.74, 6) is 0.150. The van der Waals surface area contributed by atoms with Gasteiger partial charge in [0, 0.05) is 37.7 Å². The van der Waals surface area contributed by atoms with Crippen LogP contribution in [0.15, 0.2) is 36.5 Å². The first-order valence-electron chi connectivity index (χ1n) is 11.6. The van der Waals surface area contributed by atoms with Crippen LogP contribution in [0.4, 0.5) is 5.82 Å². The number of aromatic nitrogens is 4. The van der Waals surface area contributed by atoms with E-state index in [9.17, 15) is 9.59 Å². The molecule has 1 fully saturated rings. The van der Waals surface area contributed by atoms with E-state index in [4.69, 9.17) is 5.73 Å². The SMILES string of the molecule is Cc1ccc(-n2ncc(C(=O)C3CCCN(C(=O)CCCn4nc(C)cc4C)C3)c2N)cc1. The van der Waals surface area contributed by atoms with E-state index < -0.39 is 0 Å². The quantitative estimate of drug-likeness (QED) is 0.558. The van der Waals surface area contributed by atoms with Crippen LogP contribution in [-0.2, 0) is 11.3 Å². The number of hydrogen-bond donors (Lipinski definition) is 1. The molecule has 0 aliphatic carbocycles. The van der Waals surface area contributed by atoms with Crippen molar-refractivity contribution in [2.45, 2.75) is 53.0 Å². The Morgan fingerprint density at radius 2 is 1.91 bits per heavy atom. The minimum absolute atomic E-state index is 0.0361. The molecular weight excluding hydrogens is 416 g/mol. The van der Waals surface area contributed by atoms with E-state index in [1.807, 2.05) is 60.7 Å². The third kappa shape index (κ3) is 4.99. The van der Waals surface area contributed by atoms with Gasteiger partial charge in [-0.25, -0.2) is 4.68 Å². The number of rotatable bonds is 7. The largest absolute Gasteiger partial charge is 0.383 e. The molecular formula is C25H32N6O2. The van der Waals surface area contributed by atoms with E-state index in [1.165, 1.54) is 0 Å². The molecule has 0 radical (unpaired) electrons. The van der Waals surface area contributed by atoms with Crippen LogP contribution in [0.3, 0.4) is 0 Å². The summed E-state index contributed by atoms with van der Waals surface area (Å²) >= 11 is 0. The molecule has 3 heterocycles. The maximum absolute atomic E-state index is 13.2. The predicted octanol–water partition coefficient (Wildman–Crippen LogP) is 3.48. The van der Waals surface area contributed by atoms with Crippen molar-refractivity contribution in [3.8, 4) is 5.69 Å². The first-order chi connectivity index (χ1) is 15.8. The fourth-order valence-corrected chi connectivity index (χ4v) is 4.52. The Morgan fingerprint density at radius 3 is 2.61 bits per heavy atom. The van der Waals surface area contributed by atoms with Gasteiger partial charge in [-0.05, 0) is 58.2 Å². The molecule has 4 rings (SSSR count). The van der Waals surface area contributed by atoms with Gasteiger partial charge in [0.15, 0.2) is 5.78 Å². The van der Waals surface area contributed by atoms with Gasteiger partial charge in [0.1, 0.15) is 5.82 Å². The fourth-order valence-electron chi connectivity index (χ4n) is 4.52. The topological polar surface area (TPSA) is 99.0 Å². The average molecular weight is 449 g/mol. The van der Waals surface area contributed by atoms with Crippen molar-refractivity contribution >= 4 is 17.5 Å². The van der Waals surface area contributed by atoms with Crippen LogP contribution in [0.2, 0.25) is 0 Å². The van der Waals surface area contributed by atoms with Gasteiger partial charge in [-0.2, -0.15) is 10.2 Å². The minimum Gasteiger partial charge on any atom is -0.383 e. The number of piperidine rings is 1. The zero-order chi connectivity index (χ0) is 23.5. The van der Waals surface area contributed by atoms with Gasteiger partial charge in [0.25, 0.3) is 0 Å². The highest BCUT2D eigenvalue weighted by molar-refractivity contribution is 6.02. The number of amides is 1. The van der Waals surface area contributed by atoms with Gasteiger partial charge >= 0.3 is 0 Å². The van der Waals surface area contributed by atoms with Crippen LogP contribution in [0.25, 0.3) is 5.69 Å². The molecule has 2 N–H and O–H groups in total. The highest BCUT2D eigenvalue weighted by Crippen LogP contribution is 2.26. The van der Waals surface area contributed by atoms with E-state index in [2.05, 4.69) is 10.2 Å². The maximum Gasteiger partial charge on any atom is 0.222 e. The number of aryl methyl sites for hydroxylation is 4. The molecule has 8 nitrogen and oxygen atoms in total. The van der Waals surface area contributed by atoms with Crippen LogP contribution in [0.5, 0.6) is 0 Å². The van der Waals surface area contributed by atoms with Gasteiger partial charge in [-0.15, -0.1) is 0 Å². The van der Waals surface area contributed by atoms with Gasteiger partial charge in [0.05, 0.1) is 23.1 Å². The summed E-state index contributed by atoms with van der Waals surface area (Å²) in [6.45, 7) is 7.86. The molecule has 3 aromatic rings. The van der Waals surface area contributed by atoms with E-state index in [0.29, 0.717) is 30.9 Å². The maximum atomic E-state index is 13.2. The number of nitrogens with zero attached hydrogens (tertiary/aromatic N) is 5. The number of hydrogen-bond acceptors (Lipinski definition) is 5. The van der Waals surface area contributed by atoms with Crippen molar-refractivity contribution in [1.29, 1.82) is 0 Å². The second-order valence-electron chi connectivity index (χ2n) is 8.99. The lowest BCUT2D eigenvalue weighted by molar-refractivity contribution is -0.132. The van der Waals surface area contributed by atoms with Gasteiger partial charge in [-0.3, -0.25) is 14.3 Å². The normalized spacial score (nSPS) is 16.2. The van der Waals surface area contributed by atoms with Crippen LogP contribution < -0.4 is 5.73 Å². The summed E-state index contributed by atoms with van der Waals surface area (Å²) in [6, 6.07) is 9.87. The standard InChI is InChI=1S/C25H32N6O2/c1-17-8-10-21(11-9-17)31-25(26)22(15-27-31)24(33)20-6-4-12-29(16-20)23(32)7-5-13-30-19(3)14-18(2)28-30/h8-11,14-15,20H,4-7,12-13,16,26H2,1-3H3. The van der Waals surface area contributed by atoms with E-state index in [-0.39, 0.29) is 17.6 Å². The van der Waals surface area contributed by atoms with Crippen LogP contribution in [-0.4, -0.2) is 49.2 Å². The van der Waals surface area contributed by atoms with Gasteiger partial charge in [0.2, 0.25) is 5.91 Å². The molecule has 1 aliphatic heterocycles. The average Bonchev–Trinajstić information content (AvgIpc) is 3.34. The summed E-state index contributed by atoms with van der Waals surface area (Å²) in [6.07, 6.45) is 4.29. The van der Waals surface area contributed by atoms with Crippen LogP contribution in [0, 0.1) is 26.7 Å². The van der Waals surface area contributed by atoms with Crippen molar-refractivity contribution in [3.63, 3.8) is 0 Å². The Hall–Kier alpha value is -3.42. The number of nitrogens with two attached hydrogens (primary N) is 1.